The van der Waals surface area contributed by atoms with E-state index >= 15 is 0 Å². The van der Waals surface area contributed by atoms with Gasteiger partial charge in [0, 0.05) is 21.5 Å². The molecule has 4 aromatic rings. The van der Waals surface area contributed by atoms with Crippen LogP contribution in [0.4, 0.5) is 0 Å². The van der Waals surface area contributed by atoms with Crippen molar-refractivity contribution in [3.63, 3.8) is 0 Å². The van der Waals surface area contributed by atoms with Crippen LogP contribution < -0.4 is 0 Å². The lowest BCUT2D eigenvalue weighted by molar-refractivity contribution is 0.596. The molecule has 4 rings (SSSR count). The SMILES string of the molecule is O=S(=O)(c1ccc(Cl)cc1)c1ccc(-c2nc(-c3ccccc3)cs2)cc1. The van der Waals surface area contributed by atoms with E-state index in [4.69, 9.17) is 11.6 Å². The van der Waals surface area contributed by atoms with Crippen LogP contribution in [0.25, 0.3) is 21.8 Å². The van der Waals surface area contributed by atoms with Crippen LogP contribution >= 0.6 is 22.9 Å². The normalized spacial score (nSPS) is 11.4. The first-order chi connectivity index (χ1) is 13.0. The smallest absolute Gasteiger partial charge is 0.206 e. The molecule has 3 aromatic carbocycles. The Morgan fingerprint density at radius 2 is 1.33 bits per heavy atom. The van der Waals surface area contributed by atoms with Crippen LogP contribution in [0.5, 0.6) is 0 Å². The van der Waals surface area contributed by atoms with E-state index in [9.17, 15) is 8.42 Å². The molecule has 0 N–H and O–H groups in total. The van der Waals surface area contributed by atoms with Crippen molar-refractivity contribution in [3.8, 4) is 21.8 Å². The average molecular weight is 412 g/mol. The fraction of sp³-hybridized carbons (Fsp3) is 0. The lowest BCUT2D eigenvalue weighted by Gasteiger charge is -2.05. The first kappa shape index (κ1) is 17.9. The summed E-state index contributed by atoms with van der Waals surface area (Å²) in [6, 6.07) is 22.9. The Morgan fingerprint density at radius 3 is 1.96 bits per heavy atom. The van der Waals surface area contributed by atoms with Gasteiger partial charge in [-0.05, 0) is 36.4 Å². The lowest BCUT2D eigenvalue weighted by Crippen LogP contribution is -2.01. The van der Waals surface area contributed by atoms with E-state index in [0.717, 1.165) is 21.8 Å². The highest BCUT2D eigenvalue weighted by Gasteiger charge is 2.18. The second-order valence-corrected chi connectivity index (χ2v) is 9.13. The number of halogens is 1. The van der Waals surface area contributed by atoms with Crippen molar-refractivity contribution in [2.24, 2.45) is 0 Å². The van der Waals surface area contributed by atoms with Crippen molar-refractivity contribution in [3.05, 3.63) is 89.3 Å². The van der Waals surface area contributed by atoms with E-state index < -0.39 is 9.84 Å². The monoisotopic (exact) mass is 411 g/mol. The van der Waals surface area contributed by atoms with Gasteiger partial charge in [-0.1, -0.05) is 54.1 Å². The van der Waals surface area contributed by atoms with Gasteiger partial charge in [0.25, 0.3) is 0 Å². The van der Waals surface area contributed by atoms with Crippen molar-refractivity contribution in [2.45, 2.75) is 9.79 Å². The van der Waals surface area contributed by atoms with E-state index in [1.165, 1.54) is 23.5 Å². The number of sulfone groups is 1. The molecular formula is C21H14ClNO2S2. The Balaban J connectivity index is 1.63. The number of nitrogens with zero attached hydrogens (tertiary/aromatic N) is 1. The third kappa shape index (κ3) is 3.67. The van der Waals surface area contributed by atoms with E-state index in [-0.39, 0.29) is 9.79 Å². The minimum absolute atomic E-state index is 0.222. The molecule has 0 bridgehead atoms. The molecule has 0 fully saturated rings. The van der Waals surface area contributed by atoms with Gasteiger partial charge in [0.05, 0.1) is 15.5 Å². The van der Waals surface area contributed by atoms with Gasteiger partial charge < -0.3 is 0 Å². The molecule has 0 amide bonds. The van der Waals surface area contributed by atoms with Gasteiger partial charge in [-0.3, -0.25) is 0 Å². The van der Waals surface area contributed by atoms with E-state index in [1.807, 2.05) is 35.7 Å². The fourth-order valence-corrected chi connectivity index (χ4v) is 4.90. The van der Waals surface area contributed by atoms with E-state index in [1.54, 1.807) is 36.4 Å². The summed E-state index contributed by atoms with van der Waals surface area (Å²) in [6.45, 7) is 0. The zero-order valence-electron chi connectivity index (χ0n) is 14.0. The summed E-state index contributed by atoms with van der Waals surface area (Å²) in [5.74, 6) is 0. The van der Waals surface area contributed by atoms with E-state index in [0.29, 0.717) is 5.02 Å². The highest BCUT2D eigenvalue weighted by atomic mass is 35.5. The third-order valence-electron chi connectivity index (χ3n) is 4.11. The van der Waals surface area contributed by atoms with Gasteiger partial charge in [0.2, 0.25) is 9.84 Å². The second-order valence-electron chi connectivity index (χ2n) is 5.89. The molecular weight excluding hydrogens is 398 g/mol. The Bertz CT molecular complexity index is 1170. The zero-order chi connectivity index (χ0) is 18.9. The van der Waals surface area contributed by atoms with Crippen molar-refractivity contribution >= 4 is 32.8 Å². The summed E-state index contributed by atoms with van der Waals surface area (Å²) >= 11 is 7.38. The fourth-order valence-electron chi connectivity index (χ4n) is 2.67. The van der Waals surface area contributed by atoms with Crippen LogP contribution in [0.3, 0.4) is 0 Å². The standard InChI is InChI=1S/C21H14ClNO2S2/c22-17-8-12-19(13-9-17)27(24,25)18-10-6-16(7-11-18)21-23-20(14-26-21)15-4-2-1-3-5-15/h1-14H. The first-order valence-electron chi connectivity index (χ1n) is 8.16. The molecule has 6 heteroatoms. The lowest BCUT2D eigenvalue weighted by atomic mass is 10.2. The predicted molar refractivity (Wildman–Crippen MR) is 110 cm³/mol. The molecule has 0 saturated heterocycles. The maximum absolute atomic E-state index is 12.7. The molecule has 0 aliphatic carbocycles. The number of thiazole rings is 1. The molecule has 3 nitrogen and oxygen atoms in total. The van der Waals surface area contributed by atoms with Gasteiger partial charge in [-0.25, -0.2) is 13.4 Å². The van der Waals surface area contributed by atoms with Crippen LogP contribution in [0.2, 0.25) is 5.02 Å². The molecule has 27 heavy (non-hydrogen) atoms. The quantitative estimate of drug-likeness (QED) is 0.416. The Kier molecular flexibility index (Phi) is 4.83. The summed E-state index contributed by atoms with van der Waals surface area (Å²) < 4.78 is 25.5. The Labute approximate surface area is 166 Å². The maximum Gasteiger partial charge on any atom is 0.206 e. The topological polar surface area (TPSA) is 47.0 Å². The number of benzene rings is 3. The highest BCUT2D eigenvalue weighted by Crippen LogP contribution is 2.30. The molecule has 0 aliphatic rings. The summed E-state index contributed by atoms with van der Waals surface area (Å²) in [5.41, 5.74) is 2.85. The minimum atomic E-state index is -3.57. The number of rotatable bonds is 4. The maximum atomic E-state index is 12.7. The molecule has 0 radical (unpaired) electrons. The molecule has 1 heterocycles. The third-order valence-corrected chi connectivity index (χ3v) is 7.04. The highest BCUT2D eigenvalue weighted by molar-refractivity contribution is 7.91. The zero-order valence-corrected chi connectivity index (χ0v) is 16.4. The largest absolute Gasteiger partial charge is 0.236 e. The van der Waals surface area contributed by atoms with Gasteiger partial charge in [-0.2, -0.15) is 0 Å². The molecule has 1 aromatic heterocycles. The number of hydrogen-bond donors (Lipinski definition) is 0. The summed E-state index contributed by atoms with van der Waals surface area (Å²) in [6.07, 6.45) is 0. The van der Waals surface area contributed by atoms with Crippen molar-refractivity contribution in [2.75, 3.05) is 0 Å². The molecule has 0 spiro atoms. The van der Waals surface area contributed by atoms with Gasteiger partial charge in [0.15, 0.2) is 0 Å². The van der Waals surface area contributed by atoms with Crippen LogP contribution in [0, 0.1) is 0 Å². The minimum Gasteiger partial charge on any atom is -0.236 e. The molecule has 0 aliphatic heterocycles. The molecule has 0 atom stereocenters. The first-order valence-corrected chi connectivity index (χ1v) is 10.9. The Hall–Kier alpha value is -2.47. The Morgan fingerprint density at radius 1 is 0.741 bits per heavy atom. The van der Waals surface area contributed by atoms with Crippen LogP contribution in [0.1, 0.15) is 0 Å². The van der Waals surface area contributed by atoms with Crippen molar-refractivity contribution in [1.29, 1.82) is 0 Å². The van der Waals surface area contributed by atoms with Gasteiger partial charge in [0.1, 0.15) is 5.01 Å². The number of aromatic nitrogens is 1. The second kappa shape index (κ2) is 7.27. The van der Waals surface area contributed by atoms with Crippen LogP contribution in [-0.2, 0) is 9.84 Å². The average Bonchev–Trinajstić information content (AvgIpc) is 3.19. The van der Waals surface area contributed by atoms with E-state index in [2.05, 4.69) is 4.98 Å². The van der Waals surface area contributed by atoms with Crippen molar-refractivity contribution < 1.29 is 8.42 Å². The summed E-state index contributed by atoms with van der Waals surface area (Å²) in [7, 11) is -3.57. The molecule has 134 valence electrons. The van der Waals surface area contributed by atoms with Crippen molar-refractivity contribution in [1.82, 2.24) is 4.98 Å². The van der Waals surface area contributed by atoms with Crippen LogP contribution in [-0.4, -0.2) is 13.4 Å². The molecule has 0 saturated carbocycles. The number of hydrogen-bond acceptors (Lipinski definition) is 4. The summed E-state index contributed by atoms with van der Waals surface area (Å²) in [5, 5.41) is 3.36. The predicted octanol–water partition coefficient (Wildman–Crippen LogP) is 5.96. The molecule has 0 unspecified atom stereocenters. The van der Waals surface area contributed by atoms with Crippen LogP contribution in [0.15, 0.2) is 94.0 Å². The van der Waals surface area contributed by atoms with Gasteiger partial charge in [-0.15, -0.1) is 11.3 Å². The summed E-state index contributed by atoms with van der Waals surface area (Å²) in [4.78, 5) is 5.13. The van der Waals surface area contributed by atoms with Gasteiger partial charge >= 0.3 is 0 Å².